The van der Waals surface area contributed by atoms with Gasteiger partial charge in [0.1, 0.15) is 0 Å². The third kappa shape index (κ3) is 4.42. The first-order valence-electron chi connectivity index (χ1n) is 5.76. The van der Waals surface area contributed by atoms with Crippen LogP contribution < -0.4 is 0 Å². The van der Waals surface area contributed by atoms with E-state index in [9.17, 15) is 4.79 Å². The number of hydrogen-bond acceptors (Lipinski definition) is 1. The molecule has 1 atom stereocenters. The van der Waals surface area contributed by atoms with Crippen molar-refractivity contribution >= 4 is 17.5 Å². The SMILES string of the molecule is CC(C)(C)CC(=O)N1CCC(CCCl)C1. The molecule has 0 spiro atoms. The standard InChI is InChI=1S/C12H22ClNO/c1-12(2,3)8-11(15)14-7-5-10(9-14)4-6-13/h10H,4-9H2,1-3H3. The van der Waals surface area contributed by atoms with Crippen LogP contribution in [0.3, 0.4) is 0 Å². The van der Waals surface area contributed by atoms with Crippen molar-refractivity contribution in [2.75, 3.05) is 19.0 Å². The maximum Gasteiger partial charge on any atom is 0.223 e. The zero-order valence-electron chi connectivity index (χ0n) is 10.1. The van der Waals surface area contributed by atoms with Crippen molar-refractivity contribution in [3.05, 3.63) is 0 Å². The van der Waals surface area contributed by atoms with E-state index in [0.717, 1.165) is 25.9 Å². The summed E-state index contributed by atoms with van der Waals surface area (Å²) in [5.74, 6) is 1.65. The lowest BCUT2D eigenvalue weighted by Gasteiger charge is -2.23. The van der Waals surface area contributed by atoms with Crippen molar-refractivity contribution < 1.29 is 4.79 Å². The number of halogens is 1. The summed E-state index contributed by atoms with van der Waals surface area (Å²) in [6.07, 6.45) is 2.82. The van der Waals surface area contributed by atoms with Crippen molar-refractivity contribution in [2.24, 2.45) is 11.3 Å². The van der Waals surface area contributed by atoms with Gasteiger partial charge in [-0.25, -0.2) is 0 Å². The molecule has 0 radical (unpaired) electrons. The van der Waals surface area contributed by atoms with E-state index < -0.39 is 0 Å². The van der Waals surface area contributed by atoms with Gasteiger partial charge >= 0.3 is 0 Å². The van der Waals surface area contributed by atoms with Crippen LogP contribution in [-0.2, 0) is 4.79 Å². The average Bonchev–Trinajstić information content (AvgIpc) is 2.50. The highest BCUT2D eigenvalue weighted by Crippen LogP contribution is 2.25. The Morgan fingerprint density at radius 1 is 1.47 bits per heavy atom. The molecule has 0 aliphatic carbocycles. The van der Waals surface area contributed by atoms with E-state index in [-0.39, 0.29) is 5.41 Å². The second-order valence-electron chi connectivity index (χ2n) is 5.71. The maximum atomic E-state index is 11.9. The lowest BCUT2D eigenvalue weighted by molar-refractivity contribution is -0.132. The van der Waals surface area contributed by atoms with Crippen LogP contribution in [0.4, 0.5) is 0 Å². The fourth-order valence-electron chi connectivity index (χ4n) is 2.01. The Labute approximate surface area is 98.0 Å². The molecule has 0 aromatic carbocycles. The number of carbonyl (C=O) groups is 1. The lowest BCUT2D eigenvalue weighted by atomic mass is 9.92. The van der Waals surface area contributed by atoms with Crippen molar-refractivity contribution in [1.82, 2.24) is 4.90 Å². The van der Waals surface area contributed by atoms with E-state index in [2.05, 4.69) is 20.8 Å². The minimum atomic E-state index is 0.0989. The summed E-state index contributed by atoms with van der Waals surface area (Å²) in [6, 6.07) is 0. The van der Waals surface area contributed by atoms with Gasteiger partial charge in [0, 0.05) is 25.4 Å². The van der Waals surface area contributed by atoms with Gasteiger partial charge in [0.05, 0.1) is 0 Å². The molecule has 1 fully saturated rings. The number of likely N-dealkylation sites (tertiary alicyclic amines) is 1. The molecule has 3 heteroatoms. The summed E-state index contributed by atoms with van der Waals surface area (Å²) in [5.41, 5.74) is 0.0989. The van der Waals surface area contributed by atoms with Gasteiger partial charge in [0.25, 0.3) is 0 Å². The third-order valence-electron chi connectivity index (χ3n) is 2.84. The van der Waals surface area contributed by atoms with E-state index in [1.165, 1.54) is 0 Å². The largest absolute Gasteiger partial charge is 0.342 e. The fraction of sp³-hybridized carbons (Fsp3) is 0.917. The first kappa shape index (κ1) is 12.8. The second-order valence-corrected chi connectivity index (χ2v) is 6.09. The van der Waals surface area contributed by atoms with E-state index >= 15 is 0 Å². The molecule has 1 amide bonds. The normalized spacial score (nSPS) is 22.1. The lowest BCUT2D eigenvalue weighted by Crippen LogP contribution is -2.31. The number of nitrogens with zero attached hydrogens (tertiary/aromatic N) is 1. The molecule has 0 saturated carbocycles. The summed E-state index contributed by atoms with van der Waals surface area (Å²) in [6.45, 7) is 8.17. The van der Waals surface area contributed by atoms with Crippen molar-refractivity contribution in [2.45, 2.75) is 40.0 Å². The molecular weight excluding hydrogens is 210 g/mol. The molecule has 1 heterocycles. The fourth-order valence-corrected chi connectivity index (χ4v) is 2.32. The van der Waals surface area contributed by atoms with Crippen LogP contribution in [0.25, 0.3) is 0 Å². The Balaban J connectivity index is 2.37. The highest BCUT2D eigenvalue weighted by molar-refractivity contribution is 6.17. The van der Waals surface area contributed by atoms with Crippen LogP contribution in [0.1, 0.15) is 40.0 Å². The van der Waals surface area contributed by atoms with Crippen molar-refractivity contribution in [3.8, 4) is 0 Å². The number of amides is 1. The monoisotopic (exact) mass is 231 g/mol. The highest BCUT2D eigenvalue weighted by atomic mass is 35.5. The molecule has 0 aromatic rings. The van der Waals surface area contributed by atoms with Crippen molar-refractivity contribution in [3.63, 3.8) is 0 Å². The van der Waals surface area contributed by atoms with Gasteiger partial charge in [-0.3, -0.25) is 4.79 Å². The van der Waals surface area contributed by atoms with Crippen LogP contribution in [0, 0.1) is 11.3 Å². The zero-order valence-corrected chi connectivity index (χ0v) is 10.8. The van der Waals surface area contributed by atoms with Crippen molar-refractivity contribution in [1.29, 1.82) is 0 Å². The van der Waals surface area contributed by atoms with Gasteiger partial charge in [-0.1, -0.05) is 20.8 Å². The Bertz CT molecular complexity index is 222. The molecule has 2 nitrogen and oxygen atoms in total. The minimum absolute atomic E-state index is 0.0989. The van der Waals surface area contributed by atoms with Gasteiger partial charge < -0.3 is 4.90 Å². The number of carbonyl (C=O) groups excluding carboxylic acids is 1. The quantitative estimate of drug-likeness (QED) is 0.684. The van der Waals surface area contributed by atoms with Crippen LogP contribution >= 0.6 is 11.6 Å². The second kappa shape index (κ2) is 5.20. The van der Waals surface area contributed by atoms with Crippen LogP contribution in [0.2, 0.25) is 0 Å². The molecule has 1 aliphatic rings. The molecule has 88 valence electrons. The topological polar surface area (TPSA) is 20.3 Å². The molecular formula is C12H22ClNO. The summed E-state index contributed by atoms with van der Waals surface area (Å²) in [5, 5.41) is 0. The number of hydrogen-bond donors (Lipinski definition) is 0. The van der Waals surface area contributed by atoms with Gasteiger partial charge in [-0.15, -0.1) is 11.6 Å². The predicted octanol–water partition coefficient (Wildman–Crippen LogP) is 2.90. The average molecular weight is 232 g/mol. The maximum absolute atomic E-state index is 11.9. The molecule has 15 heavy (non-hydrogen) atoms. The van der Waals surface area contributed by atoms with Crippen LogP contribution in [-0.4, -0.2) is 29.8 Å². The Kier molecular flexibility index (Phi) is 4.45. The van der Waals surface area contributed by atoms with Gasteiger partial charge in [0.15, 0.2) is 0 Å². The first-order chi connectivity index (χ1) is 6.92. The molecule has 0 aromatic heterocycles. The van der Waals surface area contributed by atoms with Gasteiger partial charge in [0.2, 0.25) is 5.91 Å². The minimum Gasteiger partial charge on any atom is -0.342 e. The molecule has 1 saturated heterocycles. The zero-order chi connectivity index (χ0) is 11.5. The van der Waals surface area contributed by atoms with Gasteiger partial charge in [-0.05, 0) is 24.2 Å². The molecule has 1 rings (SSSR count). The Morgan fingerprint density at radius 3 is 2.67 bits per heavy atom. The third-order valence-corrected chi connectivity index (χ3v) is 3.06. The van der Waals surface area contributed by atoms with E-state index in [1.807, 2.05) is 4.90 Å². The first-order valence-corrected chi connectivity index (χ1v) is 6.29. The van der Waals surface area contributed by atoms with E-state index in [0.29, 0.717) is 24.1 Å². The number of alkyl halides is 1. The summed E-state index contributed by atoms with van der Waals surface area (Å²) < 4.78 is 0. The summed E-state index contributed by atoms with van der Waals surface area (Å²) in [4.78, 5) is 13.9. The smallest absolute Gasteiger partial charge is 0.223 e. The summed E-state index contributed by atoms with van der Waals surface area (Å²) >= 11 is 5.71. The summed E-state index contributed by atoms with van der Waals surface area (Å²) in [7, 11) is 0. The Hall–Kier alpha value is -0.240. The Morgan fingerprint density at radius 2 is 2.13 bits per heavy atom. The highest BCUT2D eigenvalue weighted by Gasteiger charge is 2.27. The molecule has 0 N–H and O–H groups in total. The van der Waals surface area contributed by atoms with Crippen LogP contribution in [0.15, 0.2) is 0 Å². The number of rotatable bonds is 3. The van der Waals surface area contributed by atoms with Gasteiger partial charge in [-0.2, -0.15) is 0 Å². The molecule has 1 unspecified atom stereocenters. The van der Waals surface area contributed by atoms with E-state index in [1.54, 1.807) is 0 Å². The predicted molar refractivity (Wildman–Crippen MR) is 64.1 cm³/mol. The molecule has 0 bridgehead atoms. The van der Waals surface area contributed by atoms with E-state index in [4.69, 9.17) is 11.6 Å². The van der Waals surface area contributed by atoms with Crippen LogP contribution in [0.5, 0.6) is 0 Å². The molecule has 1 aliphatic heterocycles.